The van der Waals surface area contributed by atoms with Crippen molar-refractivity contribution < 1.29 is 14.3 Å². The van der Waals surface area contributed by atoms with Gasteiger partial charge < -0.3 is 10.1 Å². The molecule has 0 radical (unpaired) electrons. The van der Waals surface area contributed by atoms with Crippen LogP contribution in [0.3, 0.4) is 0 Å². The van der Waals surface area contributed by atoms with Crippen LogP contribution in [-0.4, -0.2) is 50.6 Å². The summed E-state index contributed by atoms with van der Waals surface area (Å²) in [6.45, 7) is 5.42. The highest BCUT2D eigenvalue weighted by Crippen LogP contribution is 2.00. The highest BCUT2D eigenvalue weighted by atomic mass is 16.5. The molecule has 0 aliphatic rings. The molecule has 0 aliphatic heterocycles. The first kappa shape index (κ1) is 15.9. The zero-order valence-electron chi connectivity index (χ0n) is 11.3. The fourth-order valence-electron chi connectivity index (χ4n) is 1.51. The van der Waals surface area contributed by atoms with Crippen molar-refractivity contribution in [2.24, 2.45) is 5.92 Å². The van der Waals surface area contributed by atoms with E-state index in [-0.39, 0.29) is 17.8 Å². The first-order valence-electron chi connectivity index (χ1n) is 6.04. The Kier molecular flexibility index (Phi) is 8.40. The van der Waals surface area contributed by atoms with Gasteiger partial charge in [0.05, 0.1) is 19.6 Å². The standard InChI is InChI=1S/C12H24N2O3/c1-5-6-7-13-11(15)9-14(3)8-10(2)12(16)17-4/h10H,5-9H2,1-4H3,(H,13,15). The maximum absolute atomic E-state index is 11.5. The molecule has 0 aromatic carbocycles. The topological polar surface area (TPSA) is 58.6 Å². The lowest BCUT2D eigenvalue weighted by Crippen LogP contribution is -2.38. The number of ether oxygens (including phenoxy) is 1. The number of esters is 1. The van der Waals surface area contributed by atoms with Crippen LogP contribution in [0.4, 0.5) is 0 Å². The maximum atomic E-state index is 11.5. The molecule has 0 heterocycles. The summed E-state index contributed by atoms with van der Waals surface area (Å²) in [5, 5.41) is 2.83. The van der Waals surface area contributed by atoms with Crippen molar-refractivity contribution in [2.75, 3.05) is 33.8 Å². The monoisotopic (exact) mass is 244 g/mol. The molecule has 17 heavy (non-hydrogen) atoms. The molecule has 5 heteroatoms. The number of rotatable bonds is 8. The van der Waals surface area contributed by atoms with Gasteiger partial charge in [-0.05, 0) is 13.5 Å². The van der Waals surface area contributed by atoms with Gasteiger partial charge in [0, 0.05) is 13.1 Å². The summed E-state index contributed by atoms with van der Waals surface area (Å²) in [5.41, 5.74) is 0. The number of unbranched alkanes of at least 4 members (excludes halogenated alkanes) is 1. The minimum atomic E-state index is -0.247. The number of hydrogen-bond donors (Lipinski definition) is 1. The minimum Gasteiger partial charge on any atom is -0.469 e. The SMILES string of the molecule is CCCCNC(=O)CN(C)CC(C)C(=O)OC. The Hall–Kier alpha value is -1.10. The molecule has 0 aromatic heterocycles. The summed E-state index contributed by atoms with van der Waals surface area (Å²) >= 11 is 0. The molecule has 0 saturated carbocycles. The average molecular weight is 244 g/mol. The Morgan fingerprint density at radius 3 is 2.59 bits per heavy atom. The highest BCUT2D eigenvalue weighted by Gasteiger charge is 2.16. The van der Waals surface area contributed by atoms with Gasteiger partial charge in [0.2, 0.25) is 5.91 Å². The molecule has 100 valence electrons. The van der Waals surface area contributed by atoms with E-state index in [2.05, 4.69) is 17.0 Å². The molecule has 1 amide bonds. The van der Waals surface area contributed by atoms with Crippen LogP contribution in [0, 0.1) is 5.92 Å². The van der Waals surface area contributed by atoms with Crippen molar-refractivity contribution >= 4 is 11.9 Å². The van der Waals surface area contributed by atoms with Gasteiger partial charge in [-0.1, -0.05) is 20.3 Å². The van der Waals surface area contributed by atoms with Crippen LogP contribution in [0.5, 0.6) is 0 Å². The Labute approximate surface area is 103 Å². The molecule has 0 fully saturated rings. The molecule has 0 bridgehead atoms. The van der Waals surface area contributed by atoms with E-state index >= 15 is 0 Å². The Morgan fingerprint density at radius 1 is 1.41 bits per heavy atom. The molecule has 0 aromatic rings. The fraction of sp³-hybridized carbons (Fsp3) is 0.833. The number of amides is 1. The van der Waals surface area contributed by atoms with Crippen LogP contribution < -0.4 is 5.32 Å². The third-order valence-corrected chi connectivity index (χ3v) is 2.46. The van der Waals surface area contributed by atoms with Crippen LogP contribution in [0.25, 0.3) is 0 Å². The van der Waals surface area contributed by atoms with Crippen molar-refractivity contribution in [3.05, 3.63) is 0 Å². The van der Waals surface area contributed by atoms with Crippen LogP contribution in [0.1, 0.15) is 26.7 Å². The van der Waals surface area contributed by atoms with Crippen molar-refractivity contribution in [3.8, 4) is 0 Å². The summed E-state index contributed by atoms with van der Waals surface area (Å²) in [4.78, 5) is 24.5. The van der Waals surface area contributed by atoms with Gasteiger partial charge in [-0.3, -0.25) is 14.5 Å². The molecule has 0 spiro atoms. The molecule has 1 unspecified atom stereocenters. The second-order valence-corrected chi connectivity index (χ2v) is 4.32. The smallest absolute Gasteiger partial charge is 0.309 e. The fourth-order valence-corrected chi connectivity index (χ4v) is 1.51. The van der Waals surface area contributed by atoms with Crippen LogP contribution in [0.2, 0.25) is 0 Å². The highest BCUT2D eigenvalue weighted by molar-refractivity contribution is 5.78. The third kappa shape index (κ3) is 7.74. The van der Waals surface area contributed by atoms with Crippen LogP contribution in [-0.2, 0) is 14.3 Å². The van der Waals surface area contributed by atoms with E-state index < -0.39 is 0 Å². The molecule has 5 nitrogen and oxygen atoms in total. The number of carbonyl (C=O) groups is 2. The lowest BCUT2D eigenvalue weighted by atomic mass is 10.2. The zero-order valence-corrected chi connectivity index (χ0v) is 11.3. The predicted octanol–water partition coefficient (Wildman–Crippen LogP) is 0.644. The molecule has 0 aliphatic carbocycles. The van der Waals surface area contributed by atoms with E-state index in [1.54, 1.807) is 6.92 Å². The predicted molar refractivity (Wildman–Crippen MR) is 66.6 cm³/mol. The zero-order chi connectivity index (χ0) is 13.3. The Morgan fingerprint density at radius 2 is 2.06 bits per heavy atom. The van der Waals surface area contributed by atoms with Crippen LogP contribution >= 0.6 is 0 Å². The third-order valence-electron chi connectivity index (χ3n) is 2.46. The summed E-state index contributed by atoms with van der Waals surface area (Å²) in [5.74, 6) is -0.463. The summed E-state index contributed by atoms with van der Waals surface area (Å²) < 4.78 is 4.63. The van der Waals surface area contributed by atoms with Gasteiger partial charge in [-0.25, -0.2) is 0 Å². The number of carbonyl (C=O) groups excluding carboxylic acids is 2. The molecule has 1 atom stereocenters. The van der Waals surface area contributed by atoms with E-state index in [0.29, 0.717) is 13.1 Å². The van der Waals surface area contributed by atoms with Gasteiger partial charge in [0.15, 0.2) is 0 Å². The second kappa shape index (κ2) is 8.98. The van der Waals surface area contributed by atoms with Gasteiger partial charge in [0.25, 0.3) is 0 Å². The Balaban J connectivity index is 3.80. The van der Waals surface area contributed by atoms with Crippen molar-refractivity contribution in [3.63, 3.8) is 0 Å². The van der Waals surface area contributed by atoms with Gasteiger partial charge in [0.1, 0.15) is 0 Å². The largest absolute Gasteiger partial charge is 0.469 e. The summed E-state index contributed by atoms with van der Waals surface area (Å²) in [6.07, 6.45) is 2.06. The number of likely N-dealkylation sites (N-methyl/N-ethyl adjacent to an activating group) is 1. The van der Waals surface area contributed by atoms with Gasteiger partial charge >= 0.3 is 5.97 Å². The average Bonchev–Trinajstić information content (AvgIpc) is 2.27. The summed E-state index contributed by atoms with van der Waals surface area (Å²) in [6, 6.07) is 0. The van der Waals surface area contributed by atoms with Gasteiger partial charge in [-0.2, -0.15) is 0 Å². The van der Waals surface area contributed by atoms with E-state index in [0.717, 1.165) is 19.4 Å². The number of nitrogens with one attached hydrogen (secondary N) is 1. The number of nitrogens with zero attached hydrogens (tertiary/aromatic N) is 1. The lowest BCUT2D eigenvalue weighted by Gasteiger charge is -2.19. The molecule has 1 N–H and O–H groups in total. The summed E-state index contributed by atoms with van der Waals surface area (Å²) in [7, 11) is 3.19. The first-order valence-corrected chi connectivity index (χ1v) is 6.04. The quantitative estimate of drug-likeness (QED) is 0.503. The van der Waals surface area contributed by atoms with E-state index in [1.807, 2.05) is 11.9 Å². The maximum Gasteiger partial charge on any atom is 0.309 e. The molecule has 0 saturated heterocycles. The van der Waals surface area contributed by atoms with Gasteiger partial charge in [-0.15, -0.1) is 0 Å². The van der Waals surface area contributed by atoms with E-state index in [4.69, 9.17) is 0 Å². The Bertz CT molecular complexity index is 244. The minimum absolute atomic E-state index is 0.00184. The lowest BCUT2D eigenvalue weighted by molar-refractivity contribution is -0.145. The van der Waals surface area contributed by atoms with Crippen molar-refractivity contribution in [2.45, 2.75) is 26.7 Å². The van der Waals surface area contributed by atoms with Crippen molar-refractivity contribution in [1.29, 1.82) is 0 Å². The number of hydrogen-bond acceptors (Lipinski definition) is 4. The number of methoxy groups -OCH3 is 1. The molecular formula is C12H24N2O3. The van der Waals surface area contributed by atoms with Crippen LogP contribution in [0.15, 0.2) is 0 Å². The van der Waals surface area contributed by atoms with E-state index in [9.17, 15) is 9.59 Å². The first-order chi connectivity index (χ1) is 8.01. The molecular weight excluding hydrogens is 220 g/mol. The molecule has 0 rings (SSSR count). The van der Waals surface area contributed by atoms with E-state index in [1.165, 1.54) is 7.11 Å². The second-order valence-electron chi connectivity index (χ2n) is 4.32. The van der Waals surface area contributed by atoms with Crippen molar-refractivity contribution in [1.82, 2.24) is 10.2 Å². The normalized spacial score (nSPS) is 12.3.